The molecule has 0 amide bonds. The smallest absolute Gasteiger partial charge is 0.122 e. The molecule has 2 atom stereocenters. The number of hydrogen-bond donors (Lipinski definition) is 2. The third kappa shape index (κ3) is 2.19. The highest BCUT2D eigenvalue weighted by Gasteiger charge is 2.29. The van der Waals surface area contributed by atoms with Crippen molar-refractivity contribution < 1.29 is 10.2 Å². The zero-order valence-electron chi connectivity index (χ0n) is 8.87. The summed E-state index contributed by atoms with van der Waals surface area (Å²) >= 11 is 0. The van der Waals surface area contributed by atoms with Crippen molar-refractivity contribution in [1.82, 2.24) is 14.5 Å². The quantitative estimate of drug-likeness (QED) is 0.703. The zero-order chi connectivity index (χ0) is 10.8. The normalized spacial score (nSPS) is 27.4. The molecule has 5 heteroatoms. The molecular weight excluding hydrogens is 194 g/mol. The number of imidazole rings is 1. The van der Waals surface area contributed by atoms with Gasteiger partial charge in [-0.2, -0.15) is 0 Å². The van der Waals surface area contributed by atoms with Crippen LogP contribution in [0, 0.1) is 0 Å². The summed E-state index contributed by atoms with van der Waals surface area (Å²) in [5.41, 5.74) is 0. The first kappa shape index (κ1) is 10.6. The molecule has 0 aromatic carbocycles. The number of hydrogen-bond acceptors (Lipinski definition) is 4. The van der Waals surface area contributed by atoms with Gasteiger partial charge >= 0.3 is 0 Å². The highest BCUT2D eigenvalue weighted by atomic mass is 16.3. The van der Waals surface area contributed by atoms with Crippen LogP contribution < -0.4 is 0 Å². The molecule has 1 aliphatic heterocycles. The van der Waals surface area contributed by atoms with E-state index in [2.05, 4.69) is 16.5 Å². The number of aryl methyl sites for hydroxylation is 1. The van der Waals surface area contributed by atoms with Crippen molar-refractivity contribution in [2.45, 2.75) is 32.2 Å². The molecule has 2 N–H and O–H groups in total. The van der Waals surface area contributed by atoms with Crippen LogP contribution in [0.15, 0.2) is 12.4 Å². The summed E-state index contributed by atoms with van der Waals surface area (Å²) in [6.07, 6.45) is 2.49. The molecule has 1 aromatic heterocycles. The van der Waals surface area contributed by atoms with Crippen LogP contribution in [0.2, 0.25) is 0 Å². The van der Waals surface area contributed by atoms with Crippen LogP contribution in [0.5, 0.6) is 0 Å². The molecule has 2 heterocycles. The molecule has 0 aliphatic carbocycles. The summed E-state index contributed by atoms with van der Waals surface area (Å²) in [5, 5.41) is 18.8. The van der Waals surface area contributed by atoms with Crippen molar-refractivity contribution in [1.29, 1.82) is 0 Å². The lowest BCUT2D eigenvalue weighted by Crippen LogP contribution is -2.23. The molecule has 2 unspecified atom stereocenters. The Morgan fingerprint density at radius 3 is 2.67 bits per heavy atom. The van der Waals surface area contributed by atoms with Crippen LogP contribution in [0.1, 0.15) is 12.7 Å². The Bertz CT molecular complexity index is 316. The number of likely N-dealkylation sites (tertiary alicyclic amines) is 1. The molecule has 84 valence electrons. The summed E-state index contributed by atoms with van der Waals surface area (Å²) in [4.78, 5) is 6.28. The van der Waals surface area contributed by atoms with Gasteiger partial charge in [0, 0.05) is 32.0 Å². The maximum absolute atomic E-state index is 9.40. The van der Waals surface area contributed by atoms with Gasteiger partial charge in [0.1, 0.15) is 5.82 Å². The molecule has 2 rings (SSSR count). The third-order valence-electron chi connectivity index (χ3n) is 2.84. The summed E-state index contributed by atoms with van der Waals surface area (Å²) < 4.78 is 2.07. The first-order valence-electron chi connectivity index (χ1n) is 5.29. The number of β-amino-alcohol motifs (C(OH)–C–C–N with tert-alkyl or cyclic N) is 2. The topological polar surface area (TPSA) is 61.5 Å². The molecule has 5 nitrogen and oxygen atoms in total. The van der Waals surface area contributed by atoms with E-state index in [4.69, 9.17) is 0 Å². The van der Waals surface area contributed by atoms with E-state index in [0.717, 1.165) is 12.4 Å². The average molecular weight is 211 g/mol. The maximum atomic E-state index is 9.40. The van der Waals surface area contributed by atoms with E-state index in [1.165, 1.54) is 0 Å². The molecule has 0 radical (unpaired) electrons. The van der Waals surface area contributed by atoms with E-state index in [9.17, 15) is 10.2 Å². The zero-order valence-corrected chi connectivity index (χ0v) is 8.87. The molecule has 0 bridgehead atoms. The highest BCUT2D eigenvalue weighted by molar-refractivity contribution is 4.94. The minimum atomic E-state index is -0.616. The summed E-state index contributed by atoms with van der Waals surface area (Å²) in [5.74, 6) is 0.985. The average Bonchev–Trinajstić information content (AvgIpc) is 2.75. The first-order chi connectivity index (χ1) is 7.20. The number of rotatable bonds is 3. The van der Waals surface area contributed by atoms with E-state index in [0.29, 0.717) is 19.6 Å². The predicted octanol–water partition coefficient (Wildman–Crippen LogP) is -0.560. The fourth-order valence-corrected chi connectivity index (χ4v) is 1.96. The summed E-state index contributed by atoms with van der Waals surface area (Å²) in [6, 6.07) is 0. The lowest BCUT2D eigenvalue weighted by molar-refractivity contribution is 0.0572. The third-order valence-corrected chi connectivity index (χ3v) is 2.84. The van der Waals surface area contributed by atoms with Gasteiger partial charge in [0.15, 0.2) is 0 Å². The molecule has 1 saturated heterocycles. The highest BCUT2D eigenvalue weighted by Crippen LogP contribution is 2.13. The van der Waals surface area contributed by atoms with E-state index in [1.54, 1.807) is 6.20 Å². The Morgan fingerprint density at radius 1 is 1.40 bits per heavy atom. The van der Waals surface area contributed by atoms with Crippen LogP contribution in [-0.2, 0) is 13.1 Å². The van der Waals surface area contributed by atoms with E-state index < -0.39 is 12.2 Å². The minimum absolute atomic E-state index is 0.526. The fourth-order valence-electron chi connectivity index (χ4n) is 1.96. The lowest BCUT2D eigenvalue weighted by Gasteiger charge is -2.14. The van der Waals surface area contributed by atoms with Gasteiger partial charge in [0.05, 0.1) is 18.8 Å². The Kier molecular flexibility index (Phi) is 3.04. The first-order valence-corrected chi connectivity index (χ1v) is 5.29. The monoisotopic (exact) mass is 211 g/mol. The van der Waals surface area contributed by atoms with Crippen LogP contribution >= 0.6 is 0 Å². The largest absolute Gasteiger partial charge is 0.389 e. The van der Waals surface area contributed by atoms with Crippen LogP contribution in [0.4, 0.5) is 0 Å². The van der Waals surface area contributed by atoms with E-state index in [-0.39, 0.29) is 0 Å². The Labute approximate surface area is 89.0 Å². The number of aromatic nitrogens is 2. The van der Waals surface area contributed by atoms with Gasteiger partial charge in [-0.1, -0.05) is 0 Å². The Morgan fingerprint density at radius 2 is 2.07 bits per heavy atom. The van der Waals surface area contributed by atoms with Crippen molar-refractivity contribution in [3.05, 3.63) is 18.2 Å². The second kappa shape index (κ2) is 4.30. The van der Waals surface area contributed by atoms with Gasteiger partial charge in [-0.15, -0.1) is 0 Å². The molecule has 15 heavy (non-hydrogen) atoms. The fraction of sp³-hybridized carbons (Fsp3) is 0.700. The van der Waals surface area contributed by atoms with E-state index >= 15 is 0 Å². The maximum Gasteiger partial charge on any atom is 0.122 e. The number of aliphatic hydroxyl groups excluding tert-OH is 2. The van der Waals surface area contributed by atoms with Gasteiger partial charge in [0.25, 0.3) is 0 Å². The number of nitrogens with zero attached hydrogens (tertiary/aromatic N) is 3. The Balaban J connectivity index is 1.98. The van der Waals surface area contributed by atoms with Crippen molar-refractivity contribution in [3.63, 3.8) is 0 Å². The van der Waals surface area contributed by atoms with Crippen molar-refractivity contribution in [3.8, 4) is 0 Å². The summed E-state index contributed by atoms with van der Waals surface area (Å²) in [7, 11) is 0. The van der Waals surface area contributed by atoms with Crippen molar-refractivity contribution in [2.24, 2.45) is 0 Å². The molecular formula is C10H17N3O2. The minimum Gasteiger partial charge on any atom is -0.389 e. The number of aliphatic hydroxyl groups is 2. The lowest BCUT2D eigenvalue weighted by atomic mass is 10.3. The van der Waals surface area contributed by atoms with Gasteiger partial charge in [-0.05, 0) is 6.92 Å². The van der Waals surface area contributed by atoms with Gasteiger partial charge < -0.3 is 14.8 Å². The Hall–Kier alpha value is -0.910. The molecule has 0 spiro atoms. The van der Waals surface area contributed by atoms with Crippen LogP contribution in [0.3, 0.4) is 0 Å². The van der Waals surface area contributed by atoms with Gasteiger partial charge in [-0.25, -0.2) is 4.98 Å². The van der Waals surface area contributed by atoms with Crippen molar-refractivity contribution in [2.75, 3.05) is 13.1 Å². The van der Waals surface area contributed by atoms with E-state index in [1.807, 2.05) is 11.1 Å². The predicted molar refractivity (Wildman–Crippen MR) is 55.2 cm³/mol. The van der Waals surface area contributed by atoms with Gasteiger partial charge in [-0.3, -0.25) is 4.90 Å². The van der Waals surface area contributed by atoms with Crippen LogP contribution in [-0.4, -0.2) is 50.0 Å². The van der Waals surface area contributed by atoms with Crippen molar-refractivity contribution >= 4 is 0 Å². The second-order valence-corrected chi connectivity index (χ2v) is 3.96. The summed E-state index contributed by atoms with van der Waals surface area (Å²) in [6.45, 7) is 4.71. The standard InChI is InChI=1S/C10H17N3O2/c1-2-13-4-3-11-10(13)7-12-5-8(14)9(15)6-12/h3-4,8-9,14-15H,2,5-7H2,1H3. The SMILES string of the molecule is CCn1ccnc1CN1CC(O)C(O)C1. The van der Waals surface area contributed by atoms with Crippen LogP contribution in [0.25, 0.3) is 0 Å². The molecule has 1 aromatic rings. The molecule has 1 aliphatic rings. The molecule has 1 fully saturated rings. The molecule has 0 saturated carbocycles. The second-order valence-electron chi connectivity index (χ2n) is 3.96. The van der Waals surface area contributed by atoms with Gasteiger partial charge in [0.2, 0.25) is 0 Å².